The van der Waals surface area contributed by atoms with Crippen LogP contribution in [0.3, 0.4) is 0 Å². The third kappa shape index (κ3) is 8.36. The topological polar surface area (TPSA) is 0 Å². The summed E-state index contributed by atoms with van der Waals surface area (Å²) in [5.74, 6) is 22.5. The summed E-state index contributed by atoms with van der Waals surface area (Å²) in [6.45, 7) is 9.82. The Morgan fingerprint density at radius 3 is 1.38 bits per heavy atom. The Morgan fingerprint density at radius 2 is 0.875 bits per heavy atom. The van der Waals surface area contributed by atoms with Crippen LogP contribution in [0.1, 0.15) is 169 Å². The molecule has 0 N–H and O–H groups in total. The van der Waals surface area contributed by atoms with Gasteiger partial charge in [-0.05, 0) is 156 Å². The Labute approximate surface area is 250 Å². The van der Waals surface area contributed by atoms with Gasteiger partial charge >= 0.3 is 0 Å². The van der Waals surface area contributed by atoms with Crippen molar-refractivity contribution in [3.05, 3.63) is 0 Å². The second kappa shape index (κ2) is 14.1. The second-order valence-corrected chi connectivity index (χ2v) is 16.7. The molecule has 5 aliphatic carbocycles. The third-order valence-corrected chi connectivity index (χ3v) is 13.5. The molecular formula is C40H64. The predicted octanol–water partition coefficient (Wildman–Crippen LogP) is 11.6. The van der Waals surface area contributed by atoms with Gasteiger partial charge in [-0.3, -0.25) is 0 Å². The van der Waals surface area contributed by atoms with Crippen molar-refractivity contribution in [1.29, 1.82) is 0 Å². The second-order valence-electron chi connectivity index (χ2n) is 16.7. The van der Waals surface area contributed by atoms with E-state index in [9.17, 15) is 0 Å². The van der Waals surface area contributed by atoms with Gasteiger partial charge in [-0.1, -0.05) is 84.0 Å². The van der Waals surface area contributed by atoms with Gasteiger partial charge in [-0.2, -0.15) is 0 Å². The van der Waals surface area contributed by atoms with Crippen LogP contribution in [0, 0.1) is 81.9 Å². The van der Waals surface area contributed by atoms with E-state index in [-0.39, 0.29) is 10.8 Å². The molecule has 0 heteroatoms. The Bertz CT molecular complexity index is 877. The molecule has 5 aliphatic rings. The van der Waals surface area contributed by atoms with E-state index in [0.717, 1.165) is 47.3 Å². The lowest BCUT2D eigenvalue weighted by Gasteiger charge is -2.42. The first-order valence-corrected chi connectivity index (χ1v) is 18.4. The maximum atomic E-state index is 3.91. The first-order chi connectivity index (χ1) is 19.3. The van der Waals surface area contributed by atoms with Gasteiger partial charge in [0, 0.05) is 10.8 Å². The van der Waals surface area contributed by atoms with Crippen LogP contribution < -0.4 is 0 Å². The minimum atomic E-state index is 0.203. The fraction of sp³-hybridized carbons (Fsp3) is 0.900. The van der Waals surface area contributed by atoms with Crippen LogP contribution in [-0.4, -0.2) is 0 Å². The first-order valence-electron chi connectivity index (χ1n) is 18.4. The predicted molar refractivity (Wildman–Crippen MR) is 173 cm³/mol. The summed E-state index contributed by atoms with van der Waals surface area (Å²) < 4.78 is 0. The van der Waals surface area contributed by atoms with E-state index in [1.165, 1.54) is 141 Å². The number of hydrogen-bond acceptors (Lipinski definition) is 0. The molecule has 224 valence electrons. The van der Waals surface area contributed by atoms with Crippen LogP contribution in [0.5, 0.6) is 0 Å². The third-order valence-electron chi connectivity index (χ3n) is 13.5. The molecule has 0 radical (unpaired) electrons. The highest BCUT2D eigenvalue weighted by atomic mass is 14.4. The van der Waals surface area contributed by atoms with E-state index >= 15 is 0 Å². The summed E-state index contributed by atoms with van der Waals surface area (Å²) in [4.78, 5) is 0. The van der Waals surface area contributed by atoms with Crippen LogP contribution in [0.25, 0.3) is 0 Å². The zero-order valence-electron chi connectivity index (χ0n) is 27.2. The molecule has 5 rings (SSSR count). The molecule has 5 fully saturated rings. The molecule has 0 saturated heterocycles. The molecule has 0 amide bonds. The molecule has 0 aromatic heterocycles. The first kappa shape index (κ1) is 30.6. The van der Waals surface area contributed by atoms with Crippen molar-refractivity contribution in [3.8, 4) is 23.7 Å². The summed E-state index contributed by atoms with van der Waals surface area (Å²) in [6.07, 6.45) is 31.4. The molecule has 0 atom stereocenters. The smallest absolute Gasteiger partial charge is 0.0325 e. The van der Waals surface area contributed by atoms with Gasteiger partial charge in [0.05, 0.1) is 0 Å². The van der Waals surface area contributed by atoms with Crippen molar-refractivity contribution in [2.75, 3.05) is 0 Å². The van der Waals surface area contributed by atoms with Gasteiger partial charge in [0.2, 0.25) is 0 Å². The van der Waals surface area contributed by atoms with E-state index in [1.807, 2.05) is 0 Å². The Morgan fingerprint density at radius 1 is 0.475 bits per heavy atom. The van der Waals surface area contributed by atoms with E-state index in [4.69, 9.17) is 0 Å². The molecular weight excluding hydrogens is 480 g/mol. The lowest BCUT2D eigenvalue weighted by molar-refractivity contribution is 0.114. The van der Waals surface area contributed by atoms with E-state index in [1.54, 1.807) is 0 Å². The molecule has 40 heavy (non-hydrogen) atoms. The molecule has 0 nitrogen and oxygen atoms in total. The van der Waals surface area contributed by atoms with Gasteiger partial charge in [0.1, 0.15) is 0 Å². The minimum Gasteiger partial charge on any atom is -0.0826 e. The summed E-state index contributed by atoms with van der Waals surface area (Å²) in [7, 11) is 0. The summed E-state index contributed by atoms with van der Waals surface area (Å²) in [6, 6.07) is 0. The van der Waals surface area contributed by atoms with Crippen molar-refractivity contribution < 1.29 is 0 Å². The SMILES string of the molecule is CC1CCC(CCC2(C#CC#CC3(C)CCC(C4CCC(C)CC4)CC3)CCC(C3CCC(C)CC3)CC2)CC1. The maximum Gasteiger partial charge on any atom is 0.0325 e. The Hall–Kier alpha value is -0.880. The molecule has 0 unspecified atom stereocenters. The highest BCUT2D eigenvalue weighted by Gasteiger charge is 2.38. The molecule has 0 spiro atoms. The van der Waals surface area contributed by atoms with Crippen molar-refractivity contribution in [3.63, 3.8) is 0 Å². The summed E-state index contributed by atoms with van der Waals surface area (Å²) >= 11 is 0. The van der Waals surface area contributed by atoms with Gasteiger partial charge in [-0.25, -0.2) is 0 Å². The van der Waals surface area contributed by atoms with Crippen LogP contribution in [0.2, 0.25) is 0 Å². The van der Waals surface area contributed by atoms with Crippen molar-refractivity contribution in [1.82, 2.24) is 0 Å². The molecule has 0 aliphatic heterocycles. The average Bonchev–Trinajstić information content (AvgIpc) is 2.97. The molecule has 5 saturated carbocycles. The molecule has 0 heterocycles. The molecule has 0 aromatic rings. The van der Waals surface area contributed by atoms with Crippen molar-refractivity contribution in [2.45, 2.75) is 169 Å². The highest BCUT2D eigenvalue weighted by Crippen LogP contribution is 2.49. The van der Waals surface area contributed by atoms with Crippen LogP contribution in [0.4, 0.5) is 0 Å². The largest absolute Gasteiger partial charge is 0.0826 e. The fourth-order valence-electron chi connectivity index (χ4n) is 9.93. The number of rotatable bonds is 5. The van der Waals surface area contributed by atoms with Crippen molar-refractivity contribution in [2.24, 2.45) is 58.2 Å². The van der Waals surface area contributed by atoms with Crippen LogP contribution in [-0.2, 0) is 0 Å². The zero-order valence-corrected chi connectivity index (χ0v) is 27.2. The number of hydrogen-bond donors (Lipinski definition) is 0. The Kier molecular flexibility index (Phi) is 10.7. The van der Waals surface area contributed by atoms with Crippen molar-refractivity contribution >= 4 is 0 Å². The van der Waals surface area contributed by atoms with Gasteiger partial charge in [0.25, 0.3) is 0 Å². The van der Waals surface area contributed by atoms with Gasteiger partial charge in [-0.15, -0.1) is 0 Å². The van der Waals surface area contributed by atoms with Crippen LogP contribution >= 0.6 is 0 Å². The van der Waals surface area contributed by atoms with Gasteiger partial charge < -0.3 is 0 Å². The molecule has 0 bridgehead atoms. The lowest BCUT2D eigenvalue weighted by Crippen LogP contribution is -2.31. The van der Waals surface area contributed by atoms with Gasteiger partial charge in [0.15, 0.2) is 0 Å². The molecule has 0 aromatic carbocycles. The van der Waals surface area contributed by atoms with E-state index < -0.39 is 0 Å². The summed E-state index contributed by atoms with van der Waals surface area (Å²) in [5.41, 5.74) is 0.460. The minimum absolute atomic E-state index is 0.203. The van der Waals surface area contributed by atoms with Crippen LogP contribution in [0.15, 0.2) is 0 Å². The highest BCUT2D eigenvalue weighted by molar-refractivity contribution is 5.31. The zero-order chi connectivity index (χ0) is 28.0. The maximum absolute atomic E-state index is 3.91. The van der Waals surface area contributed by atoms with E-state index in [2.05, 4.69) is 51.4 Å². The monoisotopic (exact) mass is 545 g/mol. The van der Waals surface area contributed by atoms with E-state index in [0.29, 0.717) is 0 Å². The fourth-order valence-corrected chi connectivity index (χ4v) is 9.93. The normalized spacial score (nSPS) is 44.5. The summed E-state index contributed by atoms with van der Waals surface area (Å²) in [5, 5.41) is 0. The standard InChI is InChI=1S/C40H64/c1-31-7-13-34(14-8-31)19-28-40(29-22-38(23-30-40)36-17-11-33(3)12-18-36)25-6-5-24-39(4)26-20-37(21-27-39)35-15-9-32(2)10-16-35/h31-38H,7-23,26-30H2,1-4H3. The quantitative estimate of drug-likeness (QED) is 0.302. The average molecular weight is 545 g/mol. The Balaban J connectivity index is 1.17. The lowest BCUT2D eigenvalue weighted by atomic mass is 9.62.